The fourth-order valence-corrected chi connectivity index (χ4v) is 0.599. The van der Waals surface area contributed by atoms with E-state index < -0.39 is 12.4 Å². The highest BCUT2D eigenvalue weighted by Gasteiger charge is 2.14. The van der Waals surface area contributed by atoms with E-state index in [1.807, 2.05) is 20.8 Å². The minimum absolute atomic E-state index is 0.000417. The van der Waals surface area contributed by atoms with Gasteiger partial charge in [0.05, 0.1) is 6.61 Å². The first-order valence-electron chi connectivity index (χ1n) is 4.12. The number of ether oxygens (including phenoxy) is 1. The Morgan fingerprint density at radius 3 is 2.38 bits per heavy atom. The van der Waals surface area contributed by atoms with Crippen LogP contribution in [0.1, 0.15) is 27.2 Å². The number of carbonyl (C=O) groups is 1. The third-order valence-electron chi connectivity index (χ3n) is 1.09. The molecule has 5 nitrogen and oxygen atoms in total. The molecular formula is C8H17NO4. The van der Waals surface area contributed by atoms with E-state index in [0.717, 1.165) is 0 Å². The van der Waals surface area contributed by atoms with Gasteiger partial charge in [0.1, 0.15) is 0 Å². The summed E-state index contributed by atoms with van der Waals surface area (Å²) in [6.45, 7) is 5.49. The number of aliphatic hydroxyl groups excluding tert-OH is 1. The summed E-state index contributed by atoms with van der Waals surface area (Å²) in [7, 11) is 0. The predicted molar refractivity (Wildman–Crippen MR) is 47.1 cm³/mol. The Labute approximate surface area is 77.7 Å². The molecule has 0 radical (unpaired) electrons. The summed E-state index contributed by atoms with van der Waals surface area (Å²) in [6.07, 6.45) is -1.95. The molecule has 5 heteroatoms. The maximum atomic E-state index is 10.9. The van der Waals surface area contributed by atoms with Gasteiger partial charge >= 0.3 is 6.09 Å². The molecule has 0 aromatic carbocycles. The average molecular weight is 191 g/mol. The predicted octanol–water partition coefficient (Wildman–Crippen LogP) is 0.212. The van der Waals surface area contributed by atoms with Crippen LogP contribution in [0.5, 0.6) is 0 Å². The van der Waals surface area contributed by atoms with Crippen molar-refractivity contribution in [3.05, 3.63) is 0 Å². The van der Waals surface area contributed by atoms with Crippen molar-refractivity contribution in [2.45, 2.75) is 39.0 Å². The van der Waals surface area contributed by atoms with Crippen LogP contribution in [0.25, 0.3) is 0 Å². The molecule has 0 rings (SSSR count). The van der Waals surface area contributed by atoms with Gasteiger partial charge in [-0.15, -0.1) is 0 Å². The molecule has 3 N–H and O–H groups in total. The maximum absolute atomic E-state index is 10.9. The van der Waals surface area contributed by atoms with Crippen molar-refractivity contribution in [1.29, 1.82) is 0 Å². The summed E-state index contributed by atoms with van der Waals surface area (Å²) in [4.78, 5) is 10.9. The van der Waals surface area contributed by atoms with E-state index in [9.17, 15) is 4.79 Å². The van der Waals surface area contributed by atoms with E-state index in [1.165, 1.54) is 0 Å². The van der Waals surface area contributed by atoms with Crippen LogP contribution in [0.3, 0.4) is 0 Å². The Bertz CT molecular complexity index is 162. The lowest BCUT2D eigenvalue weighted by molar-refractivity contribution is -0.0549. The molecule has 0 aliphatic carbocycles. The van der Waals surface area contributed by atoms with E-state index in [0.29, 0.717) is 0 Å². The van der Waals surface area contributed by atoms with Crippen LogP contribution in [0, 0.1) is 0 Å². The lowest BCUT2D eigenvalue weighted by atomic mass is 10.1. The average Bonchev–Trinajstić information content (AvgIpc) is 1.81. The van der Waals surface area contributed by atoms with Gasteiger partial charge in [0.2, 0.25) is 0 Å². The number of amides is 1. The molecule has 0 aromatic rings. The lowest BCUT2D eigenvalue weighted by Crippen LogP contribution is -2.41. The van der Waals surface area contributed by atoms with Crippen molar-refractivity contribution < 1.29 is 19.7 Å². The molecule has 0 spiro atoms. The Hall–Kier alpha value is -0.810. The first-order chi connectivity index (χ1) is 5.81. The number of alkyl carbamates (subject to hydrolysis) is 1. The molecule has 13 heavy (non-hydrogen) atoms. The highest BCUT2D eigenvalue weighted by Crippen LogP contribution is 1.99. The van der Waals surface area contributed by atoms with Gasteiger partial charge in [-0.25, -0.2) is 4.79 Å². The molecule has 0 aromatic heterocycles. The standard InChI is InChI=1S/C8H17NO4/c1-8(2,3)9-7(12)13-5-4-6(10)11/h6,10-11H,4-5H2,1-3H3,(H,9,12). The van der Waals surface area contributed by atoms with Crippen LogP contribution in [-0.4, -0.2) is 34.7 Å². The summed E-state index contributed by atoms with van der Waals surface area (Å²) in [6, 6.07) is 0. The van der Waals surface area contributed by atoms with Crippen LogP contribution in [0.4, 0.5) is 4.79 Å². The second-order valence-corrected chi connectivity index (χ2v) is 3.78. The van der Waals surface area contributed by atoms with Crippen molar-refractivity contribution in [2.24, 2.45) is 0 Å². The number of aliphatic hydroxyl groups is 2. The first-order valence-corrected chi connectivity index (χ1v) is 4.12. The number of carbonyl (C=O) groups excluding carboxylic acids is 1. The Morgan fingerprint density at radius 1 is 1.46 bits per heavy atom. The lowest BCUT2D eigenvalue weighted by Gasteiger charge is -2.19. The summed E-state index contributed by atoms with van der Waals surface area (Å²) in [5.74, 6) is 0. The smallest absolute Gasteiger partial charge is 0.407 e. The summed E-state index contributed by atoms with van der Waals surface area (Å²) < 4.78 is 4.66. The minimum atomic E-state index is -1.43. The second-order valence-electron chi connectivity index (χ2n) is 3.78. The molecule has 0 saturated heterocycles. The largest absolute Gasteiger partial charge is 0.449 e. The fourth-order valence-electron chi connectivity index (χ4n) is 0.599. The van der Waals surface area contributed by atoms with Gasteiger partial charge in [0.25, 0.3) is 0 Å². The topological polar surface area (TPSA) is 78.8 Å². The number of hydrogen-bond acceptors (Lipinski definition) is 4. The van der Waals surface area contributed by atoms with Crippen molar-refractivity contribution >= 4 is 6.09 Å². The van der Waals surface area contributed by atoms with E-state index in [2.05, 4.69) is 10.1 Å². The zero-order valence-corrected chi connectivity index (χ0v) is 8.20. The van der Waals surface area contributed by atoms with Crippen molar-refractivity contribution in [2.75, 3.05) is 6.61 Å². The molecule has 78 valence electrons. The van der Waals surface area contributed by atoms with Crippen LogP contribution in [-0.2, 0) is 4.74 Å². The van der Waals surface area contributed by atoms with E-state index >= 15 is 0 Å². The molecule has 1 amide bonds. The van der Waals surface area contributed by atoms with Gasteiger partial charge in [-0.3, -0.25) is 0 Å². The molecule has 0 fully saturated rings. The van der Waals surface area contributed by atoms with Crippen molar-refractivity contribution in [3.8, 4) is 0 Å². The Kier molecular flexibility index (Phi) is 4.72. The second kappa shape index (κ2) is 5.04. The SMILES string of the molecule is CC(C)(C)NC(=O)OCCC(O)O. The van der Waals surface area contributed by atoms with E-state index in [-0.39, 0.29) is 18.6 Å². The Morgan fingerprint density at radius 2 is 2.00 bits per heavy atom. The molecule has 0 saturated carbocycles. The van der Waals surface area contributed by atoms with Gasteiger partial charge in [-0.05, 0) is 20.8 Å². The summed E-state index contributed by atoms with van der Waals surface area (Å²) in [5.41, 5.74) is -0.338. The normalized spacial score (nSPS) is 11.5. The van der Waals surface area contributed by atoms with Crippen LogP contribution >= 0.6 is 0 Å². The third-order valence-corrected chi connectivity index (χ3v) is 1.09. The highest BCUT2D eigenvalue weighted by molar-refractivity contribution is 5.67. The zero-order valence-electron chi connectivity index (χ0n) is 8.20. The monoisotopic (exact) mass is 191 g/mol. The quantitative estimate of drug-likeness (QED) is 0.557. The molecule has 0 aliphatic heterocycles. The van der Waals surface area contributed by atoms with Crippen molar-refractivity contribution in [3.63, 3.8) is 0 Å². The number of nitrogens with one attached hydrogen (secondary N) is 1. The molecular weight excluding hydrogens is 174 g/mol. The number of hydrogen-bond donors (Lipinski definition) is 3. The zero-order chi connectivity index (χ0) is 10.5. The van der Waals surface area contributed by atoms with Crippen molar-refractivity contribution in [1.82, 2.24) is 5.32 Å². The maximum Gasteiger partial charge on any atom is 0.407 e. The van der Waals surface area contributed by atoms with Gasteiger partial charge < -0.3 is 20.3 Å². The van der Waals surface area contributed by atoms with E-state index in [1.54, 1.807) is 0 Å². The summed E-state index contributed by atoms with van der Waals surface area (Å²) in [5, 5.41) is 19.5. The first kappa shape index (κ1) is 12.2. The molecule has 0 heterocycles. The van der Waals surface area contributed by atoms with Gasteiger partial charge in [0.15, 0.2) is 6.29 Å². The molecule has 0 aliphatic rings. The van der Waals surface area contributed by atoms with E-state index in [4.69, 9.17) is 10.2 Å². The fraction of sp³-hybridized carbons (Fsp3) is 0.875. The van der Waals surface area contributed by atoms with Crippen LogP contribution in [0.15, 0.2) is 0 Å². The third kappa shape index (κ3) is 9.10. The van der Waals surface area contributed by atoms with Gasteiger partial charge in [0, 0.05) is 12.0 Å². The van der Waals surface area contributed by atoms with Gasteiger partial charge in [-0.1, -0.05) is 0 Å². The molecule has 0 atom stereocenters. The molecule has 0 bridgehead atoms. The minimum Gasteiger partial charge on any atom is -0.449 e. The van der Waals surface area contributed by atoms with Crippen LogP contribution in [0.2, 0.25) is 0 Å². The number of rotatable bonds is 3. The highest BCUT2D eigenvalue weighted by atomic mass is 16.6. The van der Waals surface area contributed by atoms with Gasteiger partial charge in [-0.2, -0.15) is 0 Å². The summed E-state index contributed by atoms with van der Waals surface area (Å²) >= 11 is 0. The van der Waals surface area contributed by atoms with Crippen LogP contribution < -0.4 is 5.32 Å². The molecule has 0 unspecified atom stereocenters. The Balaban J connectivity index is 3.53.